The molecule has 1 N–H and O–H groups in total. The first-order valence-corrected chi connectivity index (χ1v) is 7.43. The molecule has 26 heavy (non-hydrogen) atoms. The maximum Gasteiger partial charge on any atom is 0.422 e. The molecule has 9 nitrogen and oxygen atoms in total. The predicted octanol–water partition coefficient (Wildman–Crippen LogP) is 1.89. The topological polar surface area (TPSA) is 101 Å². The van der Waals surface area contributed by atoms with Gasteiger partial charge < -0.3 is 19.9 Å². The minimum Gasteiger partial charge on any atom is -0.466 e. The lowest BCUT2D eigenvalue weighted by Gasteiger charge is -2.22. The fraction of sp³-hybridized carbons (Fsp3) is 0.571. The Morgan fingerprint density at radius 3 is 2.42 bits per heavy atom. The summed E-state index contributed by atoms with van der Waals surface area (Å²) in [5.74, 6) is -1.34. The van der Waals surface area contributed by atoms with E-state index in [2.05, 4.69) is 15.0 Å². The minimum absolute atomic E-state index is 0.164. The van der Waals surface area contributed by atoms with E-state index in [1.165, 1.54) is 11.9 Å². The highest BCUT2D eigenvalue weighted by Gasteiger charge is 2.31. The van der Waals surface area contributed by atoms with Crippen molar-refractivity contribution in [2.45, 2.75) is 13.1 Å². The number of rotatable bonds is 8. The number of nitrogens with one attached hydrogen (secondary N) is 1. The van der Waals surface area contributed by atoms with Crippen molar-refractivity contribution in [1.82, 2.24) is 9.88 Å². The number of alkyl halides is 3. The van der Waals surface area contributed by atoms with Crippen molar-refractivity contribution in [1.29, 1.82) is 0 Å². The number of aromatic nitrogens is 1. The summed E-state index contributed by atoms with van der Waals surface area (Å²) >= 11 is 0. The number of likely N-dealkylation sites (N-methyl/N-ethyl adjacent to an activating group) is 2. The van der Waals surface area contributed by atoms with E-state index in [-0.39, 0.29) is 11.5 Å². The smallest absolute Gasteiger partial charge is 0.422 e. The van der Waals surface area contributed by atoms with Gasteiger partial charge in [-0.3, -0.25) is 14.9 Å². The van der Waals surface area contributed by atoms with Gasteiger partial charge in [-0.2, -0.15) is 18.2 Å². The molecule has 0 spiro atoms. The number of halogens is 3. The van der Waals surface area contributed by atoms with Gasteiger partial charge in [0.2, 0.25) is 17.6 Å². The van der Waals surface area contributed by atoms with E-state index in [9.17, 15) is 28.1 Å². The van der Waals surface area contributed by atoms with Gasteiger partial charge in [0.15, 0.2) is 6.61 Å². The lowest BCUT2D eigenvalue weighted by molar-refractivity contribution is -0.384. The van der Waals surface area contributed by atoms with Crippen LogP contribution in [-0.4, -0.2) is 67.7 Å². The summed E-state index contributed by atoms with van der Waals surface area (Å²) in [5.41, 5.74) is -0.771. The van der Waals surface area contributed by atoms with Crippen molar-refractivity contribution in [2.24, 2.45) is 0 Å². The standard InChI is InChI=1S/C14H20F3N5O4/c1-9(23)18-10-7-11(22(24)25)12(21(4)6-5-20(2)3)19-13(10)26-8-14(15,16)17/h7H,5-6,8H2,1-4H3,(H,18,23). The quantitative estimate of drug-likeness (QED) is 0.544. The zero-order chi connectivity index (χ0) is 20.1. The maximum atomic E-state index is 12.4. The van der Waals surface area contributed by atoms with Crippen LogP contribution in [0, 0.1) is 10.1 Å². The van der Waals surface area contributed by atoms with Crippen LogP contribution in [-0.2, 0) is 4.79 Å². The minimum atomic E-state index is -4.63. The second kappa shape index (κ2) is 8.65. The molecule has 0 fully saturated rings. The number of ether oxygens (including phenoxy) is 1. The number of nitro groups is 1. The number of carbonyl (C=O) groups excluding carboxylic acids is 1. The van der Waals surface area contributed by atoms with Gasteiger partial charge in [-0.15, -0.1) is 0 Å². The molecule has 0 aliphatic rings. The largest absolute Gasteiger partial charge is 0.466 e. The Bertz CT molecular complexity index is 667. The molecule has 12 heteroatoms. The molecule has 0 saturated heterocycles. The SMILES string of the molecule is CC(=O)Nc1cc([N+](=O)[O-])c(N(C)CCN(C)C)nc1OCC(F)(F)F. The number of pyridine rings is 1. The van der Waals surface area contributed by atoms with Crippen molar-refractivity contribution in [3.8, 4) is 5.88 Å². The van der Waals surface area contributed by atoms with Crippen molar-refractivity contribution >= 4 is 23.1 Å². The second-order valence-electron chi connectivity index (χ2n) is 5.75. The first-order valence-electron chi connectivity index (χ1n) is 7.43. The van der Waals surface area contributed by atoms with Crippen LogP contribution in [0.2, 0.25) is 0 Å². The summed E-state index contributed by atoms with van der Waals surface area (Å²) in [5, 5.41) is 13.5. The molecule has 0 saturated carbocycles. The molecule has 1 amide bonds. The van der Waals surface area contributed by atoms with Crippen LogP contribution in [0.3, 0.4) is 0 Å². The van der Waals surface area contributed by atoms with Gasteiger partial charge in [0.05, 0.1) is 4.92 Å². The highest BCUT2D eigenvalue weighted by molar-refractivity contribution is 5.91. The predicted molar refractivity (Wildman–Crippen MR) is 88.6 cm³/mol. The molecular formula is C14H20F3N5O4. The highest BCUT2D eigenvalue weighted by atomic mass is 19.4. The molecular weight excluding hydrogens is 359 g/mol. The Hall–Kier alpha value is -2.63. The number of hydrogen-bond acceptors (Lipinski definition) is 7. The number of hydrogen-bond donors (Lipinski definition) is 1. The average Bonchev–Trinajstić information content (AvgIpc) is 2.49. The van der Waals surface area contributed by atoms with Gasteiger partial charge in [-0.05, 0) is 14.1 Å². The zero-order valence-electron chi connectivity index (χ0n) is 14.8. The molecule has 0 unspecified atom stereocenters. The molecule has 1 aromatic heterocycles. The maximum absolute atomic E-state index is 12.4. The van der Waals surface area contributed by atoms with Crippen LogP contribution in [0.4, 0.5) is 30.4 Å². The first-order chi connectivity index (χ1) is 11.9. The van der Waals surface area contributed by atoms with Gasteiger partial charge in [-0.1, -0.05) is 0 Å². The summed E-state index contributed by atoms with van der Waals surface area (Å²) in [6, 6.07) is 0.932. The van der Waals surface area contributed by atoms with Gasteiger partial charge in [0, 0.05) is 33.1 Å². The number of nitrogens with zero attached hydrogens (tertiary/aromatic N) is 4. The molecule has 0 radical (unpaired) electrons. The van der Waals surface area contributed by atoms with E-state index in [0.29, 0.717) is 13.1 Å². The fourth-order valence-corrected chi connectivity index (χ4v) is 1.89. The van der Waals surface area contributed by atoms with E-state index >= 15 is 0 Å². The fourth-order valence-electron chi connectivity index (χ4n) is 1.89. The Morgan fingerprint density at radius 2 is 1.96 bits per heavy atom. The monoisotopic (exact) mass is 379 g/mol. The third-order valence-electron chi connectivity index (χ3n) is 3.07. The number of amides is 1. The van der Waals surface area contributed by atoms with Crippen LogP contribution >= 0.6 is 0 Å². The molecule has 1 heterocycles. The Morgan fingerprint density at radius 1 is 1.35 bits per heavy atom. The molecule has 0 aromatic carbocycles. The van der Waals surface area contributed by atoms with E-state index in [0.717, 1.165) is 13.0 Å². The van der Waals surface area contributed by atoms with Crippen LogP contribution in [0.1, 0.15) is 6.92 Å². The van der Waals surface area contributed by atoms with E-state index in [4.69, 9.17) is 0 Å². The summed E-state index contributed by atoms with van der Waals surface area (Å²) in [6.45, 7) is 0.322. The lowest BCUT2D eigenvalue weighted by Crippen LogP contribution is -2.30. The van der Waals surface area contributed by atoms with Crippen molar-refractivity contribution in [2.75, 3.05) is 51.1 Å². The van der Waals surface area contributed by atoms with Crippen LogP contribution in [0.15, 0.2) is 6.07 Å². The van der Waals surface area contributed by atoms with Crippen molar-refractivity contribution in [3.05, 3.63) is 16.2 Å². The van der Waals surface area contributed by atoms with Crippen LogP contribution < -0.4 is 15.0 Å². The van der Waals surface area contributed by atoms with Gasteiger partial charge in [0.1, 0.15) is 5.69 Å². The summed E-state index contributed by atoms with van der Waals surface area (Å²) in [4.78, 5) is 29.0. The van der Waals surface area contributed by atoms with Crippen LogP contribution in [0.25, 0.3) is 0 Å². The molecule has 1 aromatic rings. The third-order valence-corrected chi connectivity index (χ3v) is 3.07. The van der Waals surface area contributed by atoms with Gasteiger partial charge in [-0.25, -0.2) is 0 Å². The molecule has 0 bridgehead atoms. The van der Waals surface area contributed by atoms with Gasteiger partial charge >= 0.3 is 11.9 Å². The Labute approximate surface area is 147 Å². The summed E-state index contributed by atoms with van der Waals surface area (Å²) < 4.78 is 42.0. The van der Waals surface area contributed by atoms with Crippen molar-refractivity contribution < 1.29 is 27.6 Å². The first kappa shape index (κ1) is 21.4. The number of anilines is 2. The Balaban J connectivity index is 3.32. The zero-order valence-corrected chi connectivity index (χ0v) is 14.8. The van der Waals surface area contributed by atoms with Crippen LogP contribution in [0.5, 0.6) is 5.88 Å². The molecule has 146 valence electrons. The average molecular weight is 379 g/mol. The molecule has 0 aliphatic carbocycles. The van der Waals surface area contributed by atoms with E-state index in [1.54, 1.807) is 14.1 Å². The second-order valence-corrected chi connectivity index (χ2v) is 5.75. The van der Waals surface area contributed by atoms with Gasteiger partial charge in [0.25, 0.3) is 0 Å². The molecule has 0 aliphatic heterocycles. The molecule has 0 atom stereocenters. The highest BCUT2D eigenvalue weighted by Crippen LogP contribution is 2.35. The normalized spacial score (nSPS) is 11.4. The third kappa shape index (κ3) is 6.70. The summed E-state index contributed by atoms with van der Waals surface area (Å²) in [6.07, 6.45) is -4.63. The summed E-state index contributed by atoms with van der Waals surface area (Å²) in [7, 11) is 5.12. The van der Waals surface area contributed by atoms with E-state index in [1.807, 2.05) is 4.90 Å². The van der Waals surface area contributed by atoms with E-state index < -0.39 is 35.2 Å². The molecule has 1 rings (SSSR count). The Kier molecular flexibility index (Phi) is 7.12. The lowest BCUT2D eigenvalue weighted by atomic mass is 10.3. The number of carbonyl (C=O) groups is 1. The van der Waals surface area contributed by atoms with Crippen molar-refractivity contribution in [3.63, 3.8) is 0 Å².